The molecule has 0 aliphatic carbocycles. The minimum atomic E-state index is 0.205. The largest absolute Gasteiger partial charge is 0.342 e. The van der Waals surface area contributed by atoms with Crippen molar-refractivity contribution in [2.24, 2.45) is 11.8 Å². The van der Waals surface area contributed by atoms with Crippen LogP contribution in [-0.2, 0) is 11.3 Å². The third kappa shape index (κ3) is 4.33. The lowest BCUT2D eigenvalue weighted by Crippen LogP contribution is -2.40. The van der Waals surface area contributed by atoms with Crippen molar-refractivity contribution in [3.63, 3.8) is 0 Å². The highest BCUT2D eigenvalue weighted by Gasteiger charge is 2.30. The Bertz CT molecular complexity index is 499. The molecule has 2 fully saturated rings. The Hall–Kier alpha value is -1.39. The first-order valence-electron chi connectivity index (χ1n) is 9.02. The number of carbonyl (C=O) groups excluding carboxylic acids is 1. The van der Waals surface area contributed by atoms with Crippen LogP contribution in [0.5, 0.6) is 0 Å². The van der Waals surface area contributed by atoms with E-state index in [4.69, 9.17) is 0 Å². The van der Waals surface area contributed by atoms with Crippen LogP contribution >= 0.6 is 0 Å². The Morgan fingerprint density at radius 1 is 1.30 bits per heavy atom. The van der Waals surface area contributed by atoms with Crippen molar-refractivity contribution in [2.75, 3.05) is 39.3 Å². The average Bonchev–Trinajstić information content (AvgIpc) is 3.25. The Morgan fingerprint density at radius 2 is 2.13 bits per heavy atom. The maximum atomic E-state index is 12.6. The van der Waals surface area contributed by atoms with E-state index in [1.54, 1.807) is 0 Å². The van der Waals surface area contributed by atoms with Gasteiger partial charge in [0.15, 0.2) is 0 Å². The molecule has 3 rings (SSSR count). The summed E-state index contributed by atoms with van der Waals surface area (Å²) in [6, 6.07) is 10.7. The lowest BCUT2D eigenvalue weighted by atomic mass is 10.0. The van der Waals surface area contributed by atoms with Gasteiger partial charge in [-0.2, -0.15) is 0 Å². The molecule has 1 aromatic rings. The summed E-state index contributed by atoms with van der Waals surface area (Å²) in [6.07, 6.45) is 2.21. The van der Waals surface area contributed by atoms with Crippen LogP contribution in [0.1, 0.15) is 25.3 Å². The van der Waals surface area contributed by atoms with E-state index in [1.807, 2.05) is 0 Å². The molecule has 2 unspecified atom stereocenters. The number of likely N-dealkylation sites (tertiary alicyclic amines) is 1. The molecular formula is C19H29N3O. The first kappa shape index (κ1) is 16.5. The summed E-state index contributed by atoms with van der Waals surface area (Å²) in [6.45, 7) is 9.02. The minimum absolute atomic E-state index is 0.205. The molecule has 126 valence electrons. The fourth-order valence-corrected chi connectivity index (χ4v) is 3.86. The Balaban J connectivity index is 1.49. The van der Waals surface area contributed by atoms with Crippen molar-refractivity contribution in [2.45, 2.75) is 26.3 Å². The Labute approximate surface area is 139 Å². The van der Waals surface area contributed by atoms with Crippen molar-refractivity contribution in [3.05, 3.63) is 35.9 Å². The molecule has 0 saturated carbocycles. The van der Waals surface area contributed by atoms with Gasteiger partial charge in [-0.1, -0.05) is 30.3 Å². The summed E-state index contributed by atoms with van der Waals surface area (Å²) in [7, 11) is 0. The average molecular weight is 315 g/mol. The summed E-state index contributed by atoms with van der Waals surface area (Å²) in [5.74, 6) is 1.19. The van der Waals surface area contributed by atoms with E-state index >= 15 is 0 Å². The van der Waals surface area contributed by atoms with E-state index in [1.165, 1.54) is 12.0 Å². The maximum absolute atomic E-state index is 12.6. The van der Waals surface area contributed by atoms with Gasteiger partial charge in [0.2, 0.25) is 5.91 Å². The number of benzene rings is 1. The summed E-state index contributed by atoms with van der Waals surface area (Å²) in [5, 5.41) is 3.30. The molecule has 2 atom stereocenters. The molecule has 0 spiro atoms. The Kier molecular flexibility index (Phi) is 5.68. The van der Waals surface area contributed by atoms with Crippen LogP contribution in [0, 0.1) is 11.8 Å². The summed E-state index contributed by atoms with van der Waals surface area (Å²) >= 11 is 0. The fraction of sp³-hybridized carbons (Fsp3) is 0.632. The normalized spacial score (nSPS) is 24.9. The van der Waals surface area contributed by atoms with Crippen LogP contribution in [0.25, 0.3) is 0 Å². The summed E-state index contributed by atoms with van der Waals surface area (Å²) < 4.78 is 0. The summed E-state index contributed by atoms with van der Waals surface area (Å²) in [4.78, 5) is 17.2. The van der Waals surface area contributed by atoms with Gasteiger partial charge in [-0.15, -0.1) is 0 Å². The second-order valence-corrected chi connectivity index (χ2v) is 6.94. The zero-order valence-corrected chi connectivity index (χ0v) is 14.2. The monoisotopic (exact) mass is 315 g/mol. The Morgan fingerprint density at radius 3 is 2.83 bits per heavy atom. The molecule has 1 N–H and O–H groups in total. The van der Waals surface area contributed by atoms with Gasteiger partial charge in [-0.25, -0.2) is 0 Å². The second-order valence-electron chi connectivity index (χ2n) is 6.94. The van der Waals surface area contributed by atoms with Crippen LogP contribution < -0.4 is 5.32 Å². The molecule has 2 aliphatic rings. The third-order valence-electron chi connectivity index (χ3n) is 5.20. The number of hydrogen-bond donors (Lipinski definition) is 1. The molecule has 0 bridgehead atoms. The molecule has 2 saturated heterocycles. The van der Waals surface area contributed by atoms with Crippen LogP contribution in [0.15, 0.2) is 30.3 Å². The van der Waals surface area contributed by atoms with E-state index in [0.29, 0.717) is 11.8 Å². The zero-order chi connectivity index (χ0) is 16.1. The van der Waals surface area contributed by atoms with Crippen molar-refractivity contribution in [3.8, 4) is 0 Å². The lowest BCUT2D eigenvalue weighted by molar-refractivity contribution is -0.135. The van der Waals surface area contributed by atoms with E-state index < -0.39 is 0 Å². The highest BCUT2D eigenvalue weighted by molar-refractivity contribution is 5.79. The van der Waals surface area contributed by atoms with Gasteiger partial charge < -0.3 is 10.2 Å². The molecule has 2 aliphatic heterocycles. The van der Waals surface area contributed by atoms with Crippen molar-refractivity contribution in [1.82, 2.24) is 15.1 Å². The van der Waals surface area contributed by atoms with Gasteiger partial charge in [0, 0.05) is 32.7 Å². The number of amides is 1. The van der Waals surface area contributed by atoms with Crippen LogP contribution in [0.4, 0.5) is 0 Å². The van der Waals surface area contributed by atoms with E-state index in [-0.39, 0.29) is 5.92 Å². The number of carbonyl (C=O) groups is 1. The standard InChI is InChI=1S/C19H29N3O/c1-2-22(19(23)18-8-10-20-12-18)15-17-9-11-21(14-17)13-16-6-4-3-5-7-16/h3-7,17-18,20H,2,8-15H2,1H3. The predicted octanol–water partition coefficient (Wildman–Crippen LogP) is 1.97. The molecule has 0 radical (unpaired) electrons. The van der Waals surface area contributed by atoms with Crippen molar-refractivity contribution < 1.29 is 4.79 Å². The molecule has 1 aromatic carbocycles. The second kappa shape index (κ2) is 7.93. The topological polar surface area (TPSA) is 35.6 Å². The van der Waals surface area contributed by atoms with Gasteiger partial charge in [0.05, 0.1) is 5.92 Å². The number of rotatable bonds is 6. The third-order valence-corrected chi connectivity index (χ3v) is 5.20. The van der Waals surface area contributed by atoms with E-state index in [9.17, 15) is 4.79 Å². The predicted molar refractivity (Wildman–Crippen MR) is 93.1 cm³/mol. The number of nitrogens with zero attached hydrogens (tertiary/aromatic N) is 2. The molecule has 4 nitrogen and oxygen atoms in total. The molecule has 4 heteroatoms. The molecule has 1 amide bonds. The van der Waals surface area contributed by atoms with E-state index in [2.05, 4.69) is 52.4 Å². The van der Waals surface area contributed by atoms with Crippen molar-refractivity contribution in [1.29, 1.82) is 0 Å². The van der Waals surface area contributed by atoms with Crippen LogP contribution in [0.2, 0.25) is 0 Å². The molecule has 23 heavy (non-hydrogen) atoms. The SMILES string of the molecule is CCN(CC1CCN(Cc2ccccc2)C1)C(=O)C1CCNC1. The quantitative estimate of drug-likeness (QED) is 0.872. The van der Waals surface area contributed by atoms with Gasteiger partial charge in [-0.05, 0) is 44.3 Å². The number of nitrogens with one attached hydrogen (secondary N) is 1. The molecule has 0 aromatic heterocycles. The lowest BCUT2D eigenvalue weighted by Gasteiger charge is -2.27. The first-order valence-corrected chi connectivity index (χ1v) is 9.02. The highest BCUT2D eigenvalue weighted by atomic mass is 16.2. The molecule has 2 heterocycles. The van der Waals surface area contributed by atoms with Crippen molar-refractivity contribution >= 4 is 5.91 Å². The van der Waals surface area contributed by atoms with E-state index in [0.717, 1.165) is 52.2 Å². The van der Waals surface area contributed by atoms with Crippen LogP contribution in [0.3, 0.4) is 0 Å². The number of hydrogen-bond acceptors (Lipinski definition) is 3. The fourth-order valence-electron chi connectivity index (χ4n) is 3.86. The van der Waals surface area contributed by atoms with Crippen LogP contribution in [-0.4, -0.2) is 55.0 Å². The first-order chi connectivity index (χ1) is 11.3. The summed E-state index contributed by atoms with van der Waals surface area (Å²) in [5.41, 5.74) is 1.38. The maximum Gasteiger partial charge on any atom is 0.227 e. The highest BCUT2D eigenvalue weighted by Crippen LogP contribution is 2.21. The smallest absolute Gasteiger partial charge is 0.227 e. The van der Waals surface area contributed by atoms with Gasteiger partial charge >= 0.3 is 0 Å². The van der Waals surface area contributed by atoms with Gasteiger partial charge in [0.25, 0.3) is 0 Å². The minimum Gasteiger partial charge on any atom is -0.342 e. The van der Waals surface area contributed by atoms with Gasteiger partial charge in [-0.3, -0.25) is 9.69 Å². The van der Waals surface area contributed by atoms with Gasteiger partial charge in [0.1, 0.15) is 0 Å². The molecular weight excluding hydrogens is 286 g/mol. The zero-order valence-electron chi connectivity index (χ0n) is 14.2.